The van der Waals surface area contributed by atoms with Gasteiger partial charge in [-0.15, -0.1) is 0 Å². The molecule has 1 unspecified atom stereocenters. The molecule has 0 aromatic heterocycles. The molecule has 2 N–H and O–H groups in total. The van der Waals surface area contributed by atoms with Crippen LogP contribution in [0.4, 0.5) is 17.1 Å². The number of anilines is 3. The zero-order valence-electron chi connectivity index (χ0n) is 18.9. The third kappa shape index (κ3) is 4.27. The highest BCUT2D eigenvalue weighted by atomic mass is 16.3. The molecule has 0 radical (unpaired) electrons. The molecule has 4 aromatic rings. The number of nitrogens with zero attached hydrogens (tertiary/aromatic N) is 2. The van der Waals surface area contributed by atoms with E-state index in [4.69, 9.17) is 0 Å². The molecule has 5 rings (SSSR count). The molecule has 1 fully saturated rings. The molecule has 0 bridgehead atoms. The molecule has 0 spiro atoms. The fraction of sp³-hybridized carbons (Fsp3) is 0.214. The standard InChI is InChI=1S/C28H29BN2O2/c1-29(33)30-19-9-18-28(32,21-30)27-15-8-10-22-16-17-25(20-26(22)27)31(23-11-4-2-5-12-23)24-13-6-3-7-14-24/h2-8,10-17,20,32-33H,9,18-19,21H2,1H3. The molecule has 0 aliphatic carbocycles. The summed E-state index contributed by atoms with van der Waals surface area (Å²) < 4.78 is 0. The molecule has 1 aliphatic heterocycles. The molecule has 4 aromatic carbocycles. The lowest BCUT2D eigenvalue weighted by Crippen LogP contribution is -2.51. The normalized spacial score (nSPS) is 18.9. The summed E-state index contributed by atoms with van der Waals surface area (Å²) in [7, 11) is -0.575. The van der Waals surface area contributed by atoms with Crippen molar-refractivity contribution in [2.45, 2.75) is 25.3 Å². The lowest BCUT2D eigenvalue weighted by atomic mass is 9.76. The summed E-state index contributed by atoms with van der Waals surface area (Å²) >= 11 is 0. The number of hydrogen-bond donors (Lipinski definition) is 2. The van der Waals surface area contributed by atoms with Gasteiger partial charge in [-0.2, -0.15) is 0 Å². The van der Waals surface area contributed by atoms with Crippen LogP contribution in [0.5, 0.6) is 0 Å². The number of aliphatic hydroxyl groups is 1. The largest absolute Gasteiger partial charge is 0.437 e. The first-order valence-corrected chi connectivity index (χ1v) is 11.6. The van der Waals surface area contributed by atoms with E-state index in [1.807, 2.05) is 53.3 Å². The van der Waals surface area contributed by atoms with E-state index in [9.17, 15) is 10.1 Å². The van der Waals surface area contributed by atoms with E-state index in [1.54, 1.807) is 6.82 Å². The quantitative estimate of drug-likeness (QED) is 0.394. The topological polar surface area (TPSA) is 46.9 Å². The molecule has 166 valence electrons. The minimum Gasteiger partial charge on any atom is -0.437 e. The van der Waals surface area contributed by atoms with Crippen molar-refractivity contribution in [3.63, 3.8) is 0 Å². The van der Waals surface area contributed by atoms with E-state index in [1.165, 1.54) is 0 Å². The van der Waals surface area contributed by atoms with E-state index >= 15 is 0 Å². The van der Waals surface area contributed by atoms with Gasteiger partial charge in [0.2, 0.25) is 0 Å². The minimum atomic E-state index is -1.00. The van der Waals surface area contributed by atoms with Gasteiger partial charge in [0.05, 0.1) is 0 Å². The van der Waals surface area contributed by atoms with Crippen LogP contribution in [0.1, 0.15) is 18.4 Å². The Bertz CT molecular complexity index is 1190. The van der Waals surface area contributed by atoms with Crippen molar-refractivity contribution >= 4 is 34.9 Å². The van der Waals surface area contributed by atoms with Crippen molar-refractivity contribution < 1.29 is 10.1 Å². The predicted octanol–water partition coefficient (Wildman–Crippen LogP) is 5.70. The first kappa shape index (κ1) is 21.7. The molecule has 1 saturated heterocycles. The number of β-amino-alcohol motifs (C(OH)–C–C–N with tert-alkyl or cyclic N) is 1. The molecule has 5 heteroatoms. The van der Waals surface area contributed by atoms with Crippen molar-refractivity contribution in [3.05, 3.63) is 103 Å². The SMILES string of the molecule is CB(O)N1CCCC(O)(c2cccc3ccc(N(c4ccccc4)c4ccccc4)cc23)C1. The Morgan fingerprint density at radius 3 is 2.12 bits per heavy atom. The summed E-state index contributed by atoms with van der Waals surface area (Å²) in [5.74, 6) is 0. The van der Waals surface area contributed by atoms with Crippen molar-refractivity contribution in [3.8, 4) is 0 Å². The molecular weight excluding hydrogens is 407 g/mol. The maximum absolute atomic E-state index is 11.8. The fourth-order valence-corrected chi connectivity index (χ4v) is 5.01. The first-order chi connectivity index (χ1) is 16.0. The van der Waals surface area contributed by atoms with Gasteiger partial charge in [0, 0.05) is 23.6 Å². The maximum Gasteiger partial charge on any atom is 0.376 e. The Kier molecular flexibility index (Phi) is 5.94. The molecule has 1 aliphatic rings. The van der Waals surface area contributed by atoms with Gasteiger partial charge >= 0.3 is 7.05 Å². The van der Waals surface area contributed by atoms with Gasteiger partial charge < -0.3 is 19.8 Å². The molecule has 1 heterocycles. The zero-order chi connectivity index (χ0) is 22.8. The first-order valence-electron chi connectivity index (χ1n) is 11.6. The summed E-state index contributed by atoms with van der Waals surface area (Å²) in [6.07, 6.45) is 1.53. The van der Waals surface area contributed by atoms with Crippen LogP contribution < -0.4 is 4.90 Å². The van der Waals surface area contributed by atoms with Gasteiger partial charge in [-0.1, -0.05) is 60.7 Å². The number of rotatable bonds is 5. The Balaban J connectivity index is 1.65. The molecule has 0 saturated carbocycles. The number of piperidine rings is 1. The summed E-state index contributed by atoms with van der Waals surface area (Å²) in [5.41, 5.74) is 3.12. The number of benzene rings is 4. The van der Waals surface area contributed by atoms with Gasteiger partial charge in [-0.25, -0.2) is 0 Å². The van der Waals surface area contributed by atoms with Crippen molar-refractivity contribution in [2.24, 2.45) is 0 Å². The summed E-state index contributed by atoms with van der Waals surface area (Å²) in [5, 5.41) is 24.0. The highest BCUT2D eigenvalue weighted by molar-refractivity contribution is 6.45. The lowest BCUT2D eigenvalue weighted by Gasteiger charge is -2.40. The third-order valence-electron chi connectivity index (χ3n) is 6.68. The Morgan fingerprint density at radius 2 is 1.48 bits per heavy atom. The van der Waals surface area contributed by atoms with Gasteiger partial charge in [-0.05, 0) is 78.9 Å². The smallest absolute Gasteiger partial charge is 0.376 e. The Hall–Kier alpha value is -3.12. The second-order valence-corrected chi connectivity index (χ2v) is 8.96. The minimum absolute atomic E-state index is 0.426. The average Bonchev–Trinajstić information content (AvgIpc) is 2.85. The molecular formula is C28H29BN2O2. The average molecular weight is 436 g/mol. The lowest BCUT2D eigenvalue weighted by molar-refractivity contribution is -0.0157. The fourth-order valence-electron chi connectivity index (χ4n) is 5.01. The monoisotopic (exact) mass is 436 g/mol. The van der Waals surface area contributed by atoms with Crippen LogP contribution in [0.2, 0.25) is 6.82 Å². The van der Waals surface area contributed by atoms with E-state index < -0.39 is 12.7 Å². The van der Waals surface area contributed by atoms with Crippen molar-refractivity contribution in [2.75, 3.05) is 18.0 Å². The molecule has 1 atom stereocenters. The van der Waals surface area contributed by atoms with Gasteiger partial charge in [0.25, 0.3) is 0 Å². The van der Waals surface area contributed by atoms with Crippen LogP contribution in [0, 0.1) is 0 Å². The maximum atomic E-state index is 11.8. The number of hydrogen-bond acceptors (Lipinski definition) is 4. The number of para-hydroxylation sites is 2. The van der Waals surface area contributed by atoms with E-state index in [2.05, 4.69) is 53.4 Å². The molecule has 4 nitrogen and oxygen atoms in total. The number of fused-ring (bicyclic) bond motifs is 1. The molecule has 0 amide bonds. The van der Waals surface area contributed by atoms with Crippen LogP contribution in [0.15, 0.2) is 97.1 Å². The second kappa shape index (κ2) is 9.03. The summed E-state index contributed by atoms with van der Waals surface area (Å²) in [4.78, 5) is 4.19. The van der Waals surface area contributed by atoms with Gasteiger partial charge in [0.15, 0.2) is 0 Å². The van der Waals surface area contributed by atoms with Crippen LogP contribution >= 0.6 is 0 Å². The van der Waals surface area contributed by atoms with E-state index in [0.717, 1.165) is 46.4 Å². The predicted molar refractivity (Wildman–Crippen MR) is 137 cm³/mol. The zero-order valence-corrected chi connectivity index (χ0v) is 18.9. The van der Waals surface area contributed by atoms with E-state index in [0.29, 0.717) is 13.0 Å². The Morgan fingerprint density at radius 1 is 0.818 bits per heavy atom. The highest BCUT2D eigenvalue weighted by Gasteiger charge is 2.38. The highest BCUT2D eigenvalue weighted by Crippen LogP contribution is 2.40. The van der Waals surface area contributed by atoms with Crippen LogP contribution in [0.25, 0.3) is 10.8 Å². The van der Waals surface area contributed by atoms with Gasteiger partial charge in [0.1, 0.15) is 5.60 Å². The Labute approximate surface area is 195 Å². The van der Waals surface area contributed by atoms with Crippen LogP contribution in [0.3, 0.4) is 0 Å². The van der Waals surface area contributed by atoms with Crippen molar-refractivity contribution in [1.29, 1.82) is 0 Å². The van der Waals surface area contributed by atoms with Crippen LogP contribution in [-0.2, 0) is 5.60 Å². The van der Waals surface area contributed by atoms with E-state index in [-0.39, 0.29) is 0 Å². The van der Waals surface area contributed by atoms with Crippen LogP contribution in [-0.4, -0.2) is 35.1 Å². The third-order valence-corrected chi connectivity index (χ3v) is 6.68. The second-order valence-electron chi connectivity index (χ2n) is 8.96. The summed E-state index contributed by atoms with van der Waals surface area (Å²) in [6, 6.07) is 33.3. The molecule has 33 heavy (non-hydrogen) atoms. The summed E-state index contributed by atoms with van der Waals surface area (Å²) in [6.45, 7) is 2.99. The van der Waals surface area contributed by atoms with Gasteiger partial charge in [-0.3, -0.25) is 0 Å². The van der Waals surface area contributed by atoms with Crippen molar-refractivity contribution in [1.82, 2.24) is 4.81 Å².